The summed E-state index contributed by atoms with van der Waals surface area (Å²) in [6.07, 6.45) is 3.88. The molecular formula is C9H11N. The van der Waals surface area contributed by atoms with E-state index in [1.807, 2.05) is 49.5 Å². The summed E-state index contributed by atoms with van der Waals surface area (Å²) in [4.78, 5) is 0. The van der Waals surface area contributed by atoms with Crippen molar-refractivity contribution in [3.8, 4) is 0 Å². The van der Waals surface area contributed by atoms with Gasteiger partial charge in [-0.3, -0.25) is 0 Å². The van der Waals surface area contributed by atoms with Crippen molar-refractivity contribution in [2.75, 3.05) is 5.32 Å². The Balaban J connectivity index is 2.59. The molecule has 0 bridgehead atoms. The number of para-hydroxylation sites is 1. The van der Waals surface area contributed by atoms with Gasteiger partial charge in [0.25, 0.3) is 0 Å². The molecule has 0 amide bonds. The highest BCUT2D eigenvalue weighted by molar-refractivity contribution is 5.44. The molecule has 52 valence electrons. The smallest absolute Gasteiger partial charge is 0.0379 e. The molecule has 0 aliphatic heterocycles. The zero-order chi connectivity index (χ0) is 7.23. The molecule has 0 aromatic heterocycles. The minimum atomic E-state index is 1.13. The largest absolute Gasteiger partial charge is 0.362 e. The fraction of sp³-hybridized carbons (Fsp3) is 0.111. The second-order valence-corrected chi connectivity index (χ2v) is 2.01. The van der Waals surface area contributed by atoms with Crippen LogP contribution < -0.4 is 5.32 Å². The van der Waals surface area contributed by atoms with Crippen molar-refractivity contribution in [3.63, 3.8) is 0 Å². The molecule has 0 unspecified atom stereocenters. The molecule has 0 radical (unpaired) electrons. The van der Waals surface area contributed by atoms with Crippen LogP contribution in [0.25, 0.3) is 0 Å². The van der Waals surface area contributed by atoms with Crippen molar-refractivity contribution in [1.82, 2.24) is 0 Å². The van der Waals surface area contributed by atoms with Crippen LogP contribution in [0.5, 0.6) is 0 Å². The molecule has 0 atom stereocenters. The minimum Gasteiger partial charge on any atom is -0.362 e. The Morgan fingerprint density at radius 2 is 1.90 bits per heavy atom. The lowest BCUT2D eigenvalue weighted by atomic mass is 10.3. The van der Waals surface area contributed by atoms with Gasteiger partial charge in [0.15, 0.2) is 0 Å². The van der Waals surface area contributed by atoms with Gasteiger partial charge in [0.1, 0.15) is 0 Å². The number of hydrogen-bond acceptors (Lipinski definition) is 1. The van der Waals surface area contributed by atoms with Crippen LogP contribution in [-0.2, 0) is 0 Å². The van der Waals surface area contributed by atoms with E-state index in [0.29, 0.717) is 0 Å². The molecule has 1 rings (SSSR count). The van der Waals surface area contributed by atoms with E-state index >= 15 is 0 Å². The van der Waals surface area contributed by atoms with Crippen molar-refractivity contribution in [3.05, 3.63) is 42.6 Å². The number of allylic oxidation sites excluding steroid dienone is 1. The van der Waals surface area contributed by atoms with Gasteiger partial charge in [-0.1, -0.05) is 24.3 Å². The lowest BCUT2D eigenvalue weighted by molar-refractivity contribution is 1.56. The first-order valence-corrected chi connectivity index (χ1v) is 3.36. The van der Waals surface area contributed by atoms with Crippen molar-refractivity contribution in [2.45, 2.75) is 6.92 Å². The Bertz CT molecular complexity index is 201. The van der Waals surface area contributed by atoms with Crippen molar-refractivity contribution < 1.29 is 0 Å². The molecule has 10 heavy (non-hydrogen) atoms. The van der Waals surface area contributed by atoms with Gasteiger partial charge >= 0.3 is 0 Å². The van der Waals surface area contributed by atoms with Gasteiger partial charge in [0, 0.05) is 5.69 Å². The molecule has 1 heteroatoms. The molecule has 0 spiro atoms. The zero-order valence-electron chi connectivity index (χ0n) is 6.04. The fourth-order valence-electron chi connectivity index (χ4n) is 0.714. The zero-order valence-corrected chi connectivity index (χ0v) is 6.04. The van der Waals surface area contributed by atoms with Crippen LogP contribution >= 0.6 is 0 Å². The van der Waals surface area contributed by atoms with Gasteiger partial charge in [-0.15, -0.1) is 0 Å². The third-order valence-electron chi connectivity index (χ3n) is 1.19. The van der Waals surface area contributed by atoms with Crippen LogP contribution in [0.2, 0.25) is 0 Å². The van der Waals surface area contributed by atoms with Gasteiger partial charge < -0.3 is 5.32 Å². The monoisotopic (exact) mass is 133 g/mol. The molecule has 0 saturated carbocycles. The summed E-state index contributed by atoms with van der Waals surface area (Å²) in [7, 11) is 0. The van der Waals surface area contributed by atoms with Crippen LogP contribution in [0.1, 0.15) is 6.92 Å². The van der Waals surface area contributed by atoms with E-state index in [9.17, 15) is 0 Å². The van der Waals surface area contributed by atoms with E-state index in [1.54, 1.807) is 0 Å². The second-order valence-electron chi connectivity index (χ2n) is 2.01. The maximum Gasteiger partial charge on any atom is 0.0379 e. The van der Waals surface area contributed by atoms with E-state index in [-0.39, 0.29) is 0 Å². The van der Waals surface area contributed by atoms with Gasteiger partial charge in [0.2, 0.25) is 0 Å². The normalized spacial score (nSPS) is 10.1. The Hall–Kier alpha value is -1.24. The van der Waals surface area contributed by atoms with E-state index in [1.165, 1.54) is 0 Å². The summed E-state index contributed by atoms with van der Waals surface area (Å²) in [5.41, 5.74) is 1.13. The van der Waals surface area contributed by atoms with Crippen LogP contribution in [0, 0.1) is 0 Å². The Morgan fingerprint density at radius 1 is 1.20 bits per heavy atom. The van der Waals surface area contributed by atoms with Gasteiger partial charge in [0.05, 0.1) is 0 Å². The summed E-state index contributed by atoms with van der Waals surface area (Å²) in [6, 6.07) is 10.1. The average Bonchev–Trinajstić information content (AvgIpc) is 2.03. The molecule has 0 heterocycles. The Morgan fingerprint density at radius 3 is 2.50 bits per heavy atom. The van der Waals surface area contributed by atoms with E-state index in [2.05, 4.69) is 5.32 Å². The maximum atomic E-state index is 3.11. The number of benzene rings is 1. The molecule has 0 saturated heterocycles. The van der Waals surface area contributed by atoms with E-state index < -0.39 is 0 Å². The molecule has 1 aromatic rings. The van der Waals surface area contributed by atoms with Crippen LogP contribution in [0.4, 0.5) is 5.69 Å². The van der Waals surface area contributed by atoms with Crippen LogP contribution in [0.3, 0.4) is 0 Å². The summed E-state index contributed by atoms with van der Waals surface area (Å²) < 4.78 is 0. The third-order valence-corrected chi connectivity index (χ3v) is 1.19. The molecule has 1 N–H and O–H groups in total. The van der Waals surface area contributed by atoms with Gasteiger partial charge in [-0.2, -0.15) is 0 Å². The lowest BCUT2D eigenvalue weighted by Crippen LogP contribution is -1.83. The van der Waals surface area contributed by atoms with Crippen molar-refractivity contribution in [2.24, 2.45) is 0 Å². The predicted octanol–water partition coefficient (Wildman–Crippen LogP) is 2.63. The molecule has 0 fully saturated rings. The Kier molecular flexibility index (Phi) is 2.56. The van der Waals surface area contributed by atoms with Crippen molar-refractivity contribution >= 4 is 5.69 Å². The third kappa shape index (κ3) is 1.94. The quantitative estimate of drug-likeness (QED) is 0.654. The summed E-state index contributed by atoms with van der Waals surface area (Å²) >= 11 is 0. The molecule has 1 nitrogen and oxygen atoms in total. The topological polar surface area (TPSA) is 12.0 Å². The first kappa shape index (κ1) is 6.87. The molecular weight excluding hydrogens is 122 g/mol. The first-order chi connectivity index (χ1) is 4.93. The van der Waals surface area contributed by atoms with Gasteiger partial charge in [-0.05, 0) is 25.3 Å². The highest BCUT2D eigenvalue weighted by Crippen LogP contribution is 2.03. The first-order valence-electron chi connectivity index (χ1n) is 3.36. The predicted molar refractivity (Wildman–Crippen MR) is 44.9 cm³/mol. The van der Waals surface area contributed by atoms with Gasteiger partial charge in [-0.25, -0.2) is 0 Å². The van der Waals surface area contributed by atoms with Crippen LogP contribution in [0.15, 0.2) is 42.6 Å². The lowest BCUT2D eigenvalue weighted by Gasteiger charge is -1.96. The fourth-order valence-corrected chi connectivity index (χ4v) is 0.714. The minimum absolute atomic E-state index is 1.13. The molecule has 1 aromatic carbocycles. The standard InChI is InChI=1S/C9H11N/c1-2-8-10-9-6-4-3-5-7-9/h2-8,10H,1H3. The maximum absolute atomic E-state index is 3.11. The van der Waals surface area contributed by atoms with Crippen LogP contribution in [-0.4, -0.2) is 0 Å². The molecule has 0 aliphatic carbocycles. The van der Waals surface area contributed by atoms with E-state index in [4.69, 9.17) is 0 Å². The number of hydrogen-bond donors (Lipinski definition) is 1. The summed E-state index contributed by atoms with van der Waals surface area (Å²) in [5.74, 6) is 0. The number of nitrogens with one attached hydrogen (secondary N) is 1. The summed E-state index contributed by atoms with van der Waals surface area (Å²) in [6.45, 7) is 1.98. The second kappa shape index (κ2) is 3.72. The Labute approximate surface area is 61.4 Å². The highest BCUT2D eigenvalue weighted by atomic mass is 14.8. The van der Waals surface area contributed by atoms with E-state index in [0.717, 1.165) is 5.69 Å². The highest BCUT2D eigenvalue weighted by Gasteiger charge is 1.80. The number of anilines is 1. The SMILES string of the molecule is CC=CNc1ccccc1. The molecule has 0 aliphatic rings. The average molecular weight is 133 g/mol. The summed E-state index contributed by atoms with van der Waals surface area (Å²) in [5, 5.41) is 3.11. The number of rotatable bonds is 2. The van der Waals surface area contributed by atoms with Crippen molar-refractivity contribution in [1.29, 1.82) is 0 Å².